The van der Waals surface area contributed by atoms with Gasteiger partial charge in [0.05, 0.1) is 0 Å². The smallest absolute Gasteiger partial charge is 0.0409 e. The monoisotopic (exact) mass is 236 g/mol. The number of hydrogen-bond acceptors (Lipinski definition) is 0. The highest BCUT2D eigenvalue weighted by atomic mass is 14.3. The molecule has 0 bridgehead atoms. The highest BCUT2D eigenvalue weighted by molar-refractivity contribution is 4.78. The molecule has 0 spiro atoms. The van der Waals surface area contributed by atoms with Crippen LogP contribution in [0.25, 0.3) is 0 Å². The summed E-state index contributed by atoms with van der Waals surface area (Å²) in [5.74, 6) is 4.33. The Morgan fingerprint density at radius 2 is 1.24 bits per heavy atom. The van der Waals surface area contributed by atoms with E-state index >= 15 is 0 Å². The van der Waals surface area contributed by atoms with Gasteiger partial charge in [-0.15, -0.1) is 0 Å². The fourth-order valence-electron chi connectivity index (χ4n) is 4.33. The molecule has 0 aromatic rings. The minimum absolute atomic E-state index is 1.07. The SMILES string of the molecule is CCC1CCC(CC2CCCC(CC)C2)CC1. The molecular weight excluding hydrogens is 204 g/mol. The number of hydrogen-bond donors (Lipinski definition) is 0. The Kier molecular flexibility index (Phi) is 5.38. The van der Waals surface area contributed by atoms with Gasteiger partial charge in [-0.2, -0.15) is 0 Å². The molecule has 2 atom stereocenters. The van der Waals surface area contributed by atoms with Gasteiger partial charge in [-0.3, -0.25) is 0 Å². The molecule has 2 aliphatic carbocycles. The van der Waals surface area contributed by atoms with Crippen LogP contribution in [0, 0.1) is 23.7 Å². The van der Waals surface area contributed by atoms with Gasteiger partial charge in [-0.25, -0.2) is 0 Å². The second-order valence-electron chi connectivity index (χ2n) is 6.84. The minimum atomic E-state index is 1.07. The lowest BCUT2D eigenvalue weighted by Gasteiger charge is -2.34. The first kappa shape index (κ1) is 13.4. The molecule has 2 unspecified atom stereocenters. The molecule has 0 radical (unpaired) electrons. The fraction of sp³-hybridized carbons (Fsp3) is 1.00. The average molecular weight is 236 g/mol. The molecule has 2 rings (SSSR count). The largest absolute Gasteiger partial charge is 0.0651 e. The molecule has 2 saturated carbocycles. The zero-order valence-corrected chi connectivity index (χ0v) is 12.1. The Labute approximate surface area is 109 Å². The zero-order chi connectivity index (χ0) is 12.1. The van der Waals surface area contributed by atoms with Crippen molar-refractivity contribution in [3.8, 4) is 0 Å². The quantitative estimate of drug-likeness (QED) is 0.578. The highest BCUT2D eigenvalue weighted by Crippen LogP contribution is 2.39. The molecule has 0 saturated heterocycles. The molecule has 0 heterocycles. The van der Waals surface area contributed by atoms with Crippen LogP contribution in [0.15, 0.2) is 0 Å². The first-order chi connectivity index (χ1) is 8.31. The second-order valence-corrected chi connectivity index (χ2v) is 6.84. The zero-order valence-electron chi connectivity index (χ0n) is 12.1. The van der Waals surface area contributed by atoms with Gasteiger partial charge >= 0.3 is 0 Å². The topological polar surface area (TPSA) is 0 Å². The summed E-state index contributed by atoms with van der Waals surface area (Å²) in [5.41, 5.74) is 0. The fourth-order valence-corrected chi connectivity index (χ4v) is 4.33. The van der Waals surface area contributed by atoms with E-state index in [1.54, 1.807) is 32.1 Å². The van der Waals surface area contributed by atoms with E-state index in [2.05, 4.69) is 13.8 Å². The molecule has 0 aromatic carbocycles. The maximum Gasteiger partial charge on any atom is -0.0409 e. The van der Waals surface area contributed by atoms with Gasteiger partial charge in [0, 0.05) is 0 Å². The van der Waals surface area contributed by atoms with Gasteiger partial charge in [0.2, 0.25) is 0 Å². The summed E-state index contributed by atoms with van der Waals surface area (Å²) < 4.78 is 0. The minimum Gasteiger partial charge on any atom is -0.0651 e. The van der Waals surface area contributed by atoms with Crippen LogP contribution in [0.2, 0.25) is 0 Å². The van der Waals surface area contributed by atoms with Crippen molar-refractivity contribution in [1.82, 2.24) is 0 Å². The maximum atomic E-state index is 2.39. The lowest BCUT2D eigenvalue weighted by molar-refractivity contribution is 0.182. The van der Waals surface area contributed by atoms with Crippen molar-refractivity contribution >= 4 is 0 Å². The van der Waals surface area contributed by atoms with E-state index in [1.807, 2.05) is 0 Å². The lowest BCUT2D eigenvalue weighted by atomic mass is 9.72. The molecule has 0 nitrogen and oxygen atoms in total. The van der Waals surface area contributed by atoms with Crippen molar-refractivity contribution < 1.29 is 0 Å². The molecule has 0 aromatic heterocycles. The maximum absolute atomic E-state index is 2.39. The third-order valence-corrected chi connectivity index (χ3v) is 5.68. The van der Waals surface area contributed by atoms with E-state index in [0.717, 1.165) is 23.7 Å². The van der Waals surface area contributed by atoms with Gasteiger partial charge < -0.3 is 0 Å². The predicted octanol–water partition coefficient (Wildman–Crippen LogP) is 5.81. The molecule has 0 amide bonds. The van der Waals surface area contributed by atoms with Crippen LogP contribution in [0.1, 0.15) is 84.5 Å². The van der Waals surface area contributed by atoms with Crippen molar-refractivity contribution in [3.63, 3.8) is 0 Å². The van der Waals surface area contributed by atoms with Crippen LogP contribution < -0.4 is 0 Å². The summed E-state index contributed by atoms with van der Waals surface area (Å²) in [5, 5.41) is 0. The van der Waals surface area contributed by atoms with Crippen molar-refractivity contribution in [2.24, 2.45) is 23.7 Å². The van der Waals surface area contributed by atoms with Gasteiger partial charge in [-0.1, -0.05) is 71.6 Å². The van der Waals surface area contributed by atoms with Crippen molar-refractivity contribution in [2.75, 3.05) is 0 Å². The van der Waals surface area contributed by atoms with Gasteiger partial charge in [0.15, 0.2) is 0 Å². The summed E-state index contributed by atoms with van der Waals surface area (Å²) >= 11 is 0. The van der Waals surface area contributed by atoms with Crippen LogP contribution in [-0.2, 0) is 0 Å². The Morgan fingerprint density at radius 3 is 1.88 bits per heavy atom. The third-order valence-electron chi connectivity index (χ3n) is 5.68. The van der Waals surface area contributed by atoms with E-state index in [4.69, 9.17) is 0 Å². The van der Waals surface area contributed by atoms with Crippen LogP contribution in [-0.4, -0.2) is 0 Å². The van der Waals surface area contributed by atoms with Gasteiger partial charge in [0.1, 0.15) is 0 Å². The first-order valence-electron chi connectivity index (χ1n) is 8.31. The van der Waals surface area contributed by atoms with Crippen LogP contribution in [0.4, 0.5) is 0 Å². The molecule has 2 aliphatic rings. The molecule has 17 heavy (non-hydrogen) atoms. The predicted molar refractivity (Wildman–Crippen MR) is 76.1 cm³/mol. The second kappa shape index (κ2) is 6.81. The molecule has 100 valence electrons. The first-order valence-corrected chi connectivity index (χ1v) is 8.31. The standard InChI is InChI=1S/C17H32/c1-3-14-8-10-16(11-9-14)13-17-7-5-6-15(4-2)12-17/h14-17H,3-13H2,1-2H3. The van der Waals surface area contributed by atoms with Crippen molar-refractivity contribution in [2.45, 2.75) is 84.5 Å². The molecule has 0 N–H and O–H groups in total. The van der Waals surface area contributed by atoms with E-state index in [0.29, 0.717) is 0 Å². The normalized spacial score (nSPS) is 39.2. The van der Waals surface area contributed by atoms with E-state index in [-0.39, 0.29) is 0 Å². The Bertz CT molecular complexity index is 200. The van der Waals surface area contributed by atoms with Gasteiger partial charge in [0.25, 0.3) is 0 Å². The van der Waals surface area contributed by atoms with Crippen molar-refractivity contribution in [3.05, 3.63) is 0 Å². The Hall–Kier alpha value is 0. The third kappa shape index (κ3) is 4.00. The Balaban J connectivity index is 1.70. The van der Waals surface area contributed by atoms with Crippen LogP contribution in [0.5, 0.6) is 0 Å². The lowest BCUT2D eigenvalue weighted by Crippen LogP contribution is -2.21. The van der Waals surface area contributed by atoms with E-state index in [9.17, 15) is 0 Å². The molecule has 0 aliphatic heterocycles. The summed E-state index contributed by atoms with van der Waals surface area (Å²) in [6.07, 6.45) is 16.7. The molecular formula is C17H32. The molecule has 0 heteroatoms. The highest BCUT2D eigenvalue weighted by Gasteiger charge is 2.26. The summed E-state index contributed by atoms with van der Waals surface area (Å²) in [6, 6.07) is 0. The summed E-state index contributed by atoms with van der Waals surface area (Å²) in [6.45, 7) is 4.76. The van der Waals surface area contributed by atoms with Crippen LogP contribution >= 0.6 is 0 Å². The summed E-state index contributed by atoms with van der Waals surface area (Å²) in [4.78, 5) is 0. The van der Waals surface area contributed by atoms with Crippen LogP contribution in [0.3, 0.4) is 0 Å². The summed E-state index contributed by atoms with van der Waals surface area (Å²) in [7, 11) is 0. The van der Waals surface area contributed by atoms with Crippen molar-refractivity contribution in [1.29, 1.82) is 0 Å². The molecule has 2 fully saturated rings. The Morgan fingerprint density at radius 1 is 0.647 bits per heavy atom. The number of rotatable bonds is 4. The van der Waals surface area contributed by atoms with E-state index in [1.165, 1.54) is 38.5 Å². The average Bonchev–Trinajstić information content (AvgIpc) is 2.40. The van der Waals surface area contributed by atoms with Gasteiger partial charge in [-0.05, 0) is 36.5 Å². The van der Waals surface area contributed by atoms with E-state index < -0.39 is 0 Å².